The van der Waals surface area contributed by atoms with Crippen LogP contribution >= 0.6 is 22.9 Å². The maximum Gasteiger partial charge on any atom is 0.308 e. The highest BCUT2D eigenvalue weighted by Gasteiger charge is 2.11. The number of halogens is 1. The molecule has 100 valence electrons. The number of aliphatic carboxylic acids is 1. The molecule has 4 nitrogen and oxygen atoms in total. The van der Waals surface area contributed by atoms with Gasteiger partial charge in [0, 0.05) is 15.6 Å². The van der Waals surface area contributed by atoms with Crippen LogP contribution in [0.15, 0.2) is 18.2 Å². The molecule has 0 atom stereocenters. The normalized spacial score (nSPS) is 10.5. The molecule has 0 fully saturated rings. The van der Waals surface area contributed by atoms with Crippen molar-refractivity contribution in [3.63, 3.8) is 0 Å². The fourth-order valence-corrected chi connectivity index (χ4v) is 2.77. The summed E-state index contributed by atoms with van der Waals surface area (Å²) >= 11 is 7.30. The Labute approximate surface area is 120 Å². The minimum atomic E-state index is -0.850. The van der Waals surface area contributed by atoms with Crippen LogP contribution in [0.3, 0.4) is 0 Å². The predicted molar refractivity (Wildman–Crippen MR) is 77.7 cm³/mol. The zero-order valence-corrected chi connectivity index (χ0v) is 12.1. The number of benzene rings is 1. The van der Waals surface area contributed by atoms with Crippen LogP contribution in [0.4, 0.5) is 10.8 Å². The first kappa shape index (κ1) is 13.8. The molecule has 2 N–H and O–H groups in total. The summed E-state index contributed by atoms with van der Waals surface area (Å²) in [5.74, 6) is -0.850. The monoisotopic (exact) mass is 296 g/mol. The number of hydrogen-bond donors (Lipinski definition) is 2. The maximum atomic E-state index is 10.7. The van der Waals surface area contributed by atoms with Crippen molar-refractivity contribution in [2.45, 2.75) is 20.3 Å². The number of aryl methyl sites for hydroxylation is 2. The summed E-state index contributed by atoms with van der Waals surface area (Å²) in [5.41, 5.74) is 2.68. The third-order valence-electron chi connectivity index (χ3n) is 2.65. The topological polar surface area (TPSA) is 62.2 Å². The highest BCUT2D eigenvalue weighted by atomic mass is 35.5. The van der Waals surface area contributed by atoms with Crippen molar-refractivity contribution in [3.05, 3.63) is 39.4 Å². The lowest BCUT2D eigenvalue weighted by molar-refractivity contribution is -0.136. The van der Waals surface area contributed by atoms with E-state index >= 15 is 0 Å². The van der Waals surface area contributed by atoms with Crippen LogP contribution in [0.25, 0.3) is 0 Å². The predicted octanol–water partition coefficient (Wildman–Crippen LogP) is 3.78. The van der Waals surface area contributed by atoms with Gasteiger partial charge in [-0.1, -0.05) is 17.7 Å². The van der Waals surface area contributed by atoms with Crippen LogP contribution < -0.4 is 5.32 Å². The minimum Gasteiger partial charge on any atom is -0.481 e. The molecule has 1 aromatic heterocycles. The van der Waals surface area contributed by atoms with Gasteiger partial charge in [-0.25, -0.2) is 4.98 Å². The molecule has 0 aliphatic heterocycles. The lowest BCUT2D eigenvalue weighted by Gasteiger charge is -2.06. The van der Waals surface area contributed by atoms with Crippen LogP contribution in [0.1, 0.15) is 16.1 Å². The molecule has 2 aromatic rings. The first-order chi connectivity index (χ1) is 8.95. The third kappa shape index (κ3) is 3.45. The molecule has 0 spiro atoms. The number of anilines is 2. The Bertz CT molecular complexity index is 625. The van der Waals surface area contributed by atoms with E-state index < -0.39 is 5.97 Å². The van der Waals surface area contributed by atoms with Gasteiger partial charge in [-0.3, -0.25) is 4.79 Å². The first-order valence-corrected chi connectivity index (χ1v) is 6.86. The summed E-state index contributed by atoms with van der Waals surface area (Å²) in [4.78, 5) is 15.8. The van der Waals surface area contributed by atoms with E-state index in [0.29, 0.717) is 10.2 Å². The van der Waals surface area contributed by atoms with Gasteiger partial charge >= 0.3 is 5.97 Å². The van der Waals surface area contributed by atoms with Gasteiger partial charge in [0.25, 0.3) is 0 Å². The van der Waals surface area contributed by atoms with Gasteiger partial charge < -0.3 is 10.4 Å². The summed E-state index contributed by atoms with van der Waals surface area (Å²) < 4.78 is 0. The van der Waals surface area contributed by atoms with Crippen LogP contribution in [-0.2, 0) is 11.2 Å². The first-order valence-electron chi connectivity index (χ1n) is 5.67. The van der Waals surface area contributed by atoms with Gasteiger partial charge in [-0.05, 0) is 31.5 Å². The van der Waals surface area contributed by atoms with Gasteiger partial charge in [-0.15, -0.1) is 11.3 Å². The van der Waals surface area contributed by atoms with Crippen molar-refractivity contribution in [3.8, 4) is 0 Å². The van der Waals surface area contributed by atoms with Crippen molar-refractivity contribution in [1.82, 2.24) is 4.98 Å². The second kappa shape index (κ2) is 5.59. The molecular formula is C13H13ClN2O2S. The third-order valence-corrected chi connectivity index (χ3v) is 3.95. The second-order valence-electron chi connectivity index (χ2n) is 4.18. The summed E-state index contributed by atoms with van der Waals surface area (Å²) in [6.07, 6.45) is -0.000290. The Morgan fingerprint density at radius 2 is 2.21 bits per heavy atom. The number of nitrogens with zero attached hydrogens (tertiary/aromatic N) is 1. The van der Waals surface area contributed by atoms with E-state index in [0.717, 1.165) is 21.8 Å². The molecule has 2 rings (SSSR count). The number of carbonyl (C=O) groups is 1. The highest BCUT2D eigenvalue weighted by Crippen LogP contribution is 2.29. The second-order valence-corrected chi connectivity index (χ2v) is 5.70. The van der Waals surface area contributed by atoms with Crippen molar-refractivity contribution in [1.29, 1.82) is 0 Å². The summed E-state index contributed by atoms with van der Waals surface area (Å²) in [6.45, 7) is 3.78. The number of thiazole rings is 1. The van der Waals surface area contributed by atoms with Gasteiger partial charge in [0.2, 0.25) is 0 Å². The molecule has 6 heteroatoms. The van der Waals surface area contributed by atoms with Crippen LogP contribution in [0.5, 0.6) is 0 Å². The van der Waals surface area contributed by atoms with E-state index in [1.54, 1.807) is 0 Å². The van der Waals surface area contributed by atoms with E-state index in [4.69, 9.17) is 16.7 Å². The van der Waals surface area contributed by atoms with Gasteiger partial charge in [0.05, 0.1) is 12.1 Å². The van der Waals surface area contributed by atoms with Crippen molar-refractivity contribution < 1.29 is 9.90 Å². The molecular weight excluding hydrogens is 284 g/mol. The Morgan fingerprint density at radius 1 is 1.47 bits per heavy atom. The van der Waals surface area contributed by atoms with Gasteiger partial charge in [0.15, 0.2) is 5.13 Å². The quantitative estimate of drug-likeness (QED) is 0.901. The van der Waals surface area contributed by atoms with Crippen LogP contribution in [-0.4, -0.2) is 16.1 Å². The number of hydrogen-bond acceptors (Lipinski definition) is 4. The lowest BCUT2D eigenvalue weighted by atomic mass is 10.2. The molecule has 19 heavy (non-hydrogen) atoms. The van der Waals surface area contributed by atoms with Crippen molar-refractivity contribution in [2.24, 2.45) is 0 Å². The molecule has 0 bridgehead atoms. The highest BCUT2D eigenvalue weighted by molar-refractivity contribution is 7.15. The maximum absolute atomic E-state index is 10.7. The summed E-state index contributed by atoms with van der Waals surface area (Å²) in [6, 6.07) is 5.57. The fourth-order valence-electron chi connectivity index (χ4n) is 1.63. The van der Waals surface area contributed by atoms with E-state index in [1.165, 1.54) is 11.3 Å². The van der Waals surface area contributed by atoms with Crippen molar-refractivity contribution >= 4 is 39.7 Å². The number of aromatic nitrogens is 1. The Balaban J connectivity index is 2.24. The standard InChI is InChI=1S/C13H13ClN2O2S/c1-7-3-4-9(14)5-10(7)16-13-15-8(2)11(19-13)6-12(17)18/h3-5H,6H2,1-2H3,(H,15,16)(H,17,18). The molecule has 0 amide bonds. The molecule has 0 unspecified atom stereocenters. The molecule has 0 aliphatic carbocycles. The molecule has 0 saturated heterocycles. The average molecular weight is 297 g/mol. The average Bonchev–Trinajstić information content (AvgIpc) is 2.64. The minimum absolute atomic E-state index is 0.000290. The van der Waals surface area contributed by atoms with E-state index in [-0.39, 0.29) is 6.42 Å². The number of carboxylic acid groups (broad SMARTS) is 1. The fraction of sp³-hybridized carbons (Fsp3) is 0.231. The molecule has 0 saturated carbocycles. The van der Waals surface area contributed by atoms with Gasteiger partial charge in [0.1, 0.15) is 0 Å². The van der Waals surface area contributed by atoms with E-state index in [9.17, 15) is 4.79 Å². The Kier molecular flexibility index (Phi) is 4.07. The number of carboxylic acids is 1. The zero-order valence-electron chi connectivity index (χ0n) is 10.5. The largest absolute Gasteiger partial charge is 0.481 e. The summed E-state index contributed by atoms with van der Waals surface area (Å²) in [7, 11) is 0. The van der Waals surface area contributed by atoms with Gasteiger partial charge in [-0.2, -0.15) is 0 Å². The zero-order chi connectivity index (χ0) is 14.0. The number of rotatable bonds is 4. The lowest BCUT2D eigenvalue weighted by Crippen LogP contribution is -1.99. The Hall–Kier alpha value is -1.59. The van der Waals surface area contributed by atoms with Crippen LogP contribution in [0, 0.1) is 13.8 Å². The van der Waals surface area contributed by atoms with Crippen LogP contribution in [0.2, 0.25) is 5.02 Å². The molecule has 1 heterocycles. The number of nitrogens with one attached hydrogen (secondary N) is 1. The van der Waals surface area contributed by atoms with E-state index in [1.807, 2.05) is 32.0 Å². The molecule has 0 radical (unpaired) electrons. The SMILES string of the molecule is Cc1ccc(Cl)cc1Nc1nc(C)c(CC(=O)O)s1. The Morgan fingerprint density at radius 3 is 2.89 bits per heavy atom. The van der Waals surface area contributed by atoms with E-state index in [2.05, 4.69) is 10.3 Å². The van der Waals surface area contributed by atoms with Crippen molar-refractivity contribution in [2.75, 3.05) is 5.32 Å². The molecule has 1 aromatic carbocycles. The summed E-state index contributed by atoms with van der Waals surface area (Å²) in [5, 5.41) is 13.3. The smallest absolute Gasteiger partial charge is 0.308 e. The molecule has 0 aliphatic rings.